The second-order valence-corrected chi connectivity index (χ2v) is 3.90. The lowest BCUT2D eigenvalue weighted by Crippen LogP contribution is -2.28. The summed E-state index contributed by atoms with van der Waals surface area (Å²) in [5.74, 6) is 0. The van der Waals surface area contributed by atoms with Crippen molar-refractivity contribution in [2.75, 3.05) is 0 Å². The molecule has 0 N–H and O–H groups in total. The van der Waals surface area contributed by atoms with Crippen molar-refractivity contribution in [3.63, 3.8) is 0 Å². The van der Waals surface area contributed by atoms with E-state index in [1.54, 1.807) is 12.4 Å². The van der Waals surface area contributed by atoms with Gasteiger partial charge in [-0.2, -0.15) is 0 Å². The average Bonchev–Trinajstić information content (AvgIpc) is 2.75. The molecule has 2 aromatic heterocycles. The first-order valence-electron chi connectivity index (χ1n) is 5.41. The largest absolute Gasteiger partial charge is 0.711 e. The van der Waals surface area contributed by atoms with Gasteiger partial charge in [0.25, 0.3) is 0 Å². The van der Waals surface area contributed by atoms with Crippen molar-refractivity contribution in [1.29, 1.82) is 0 Å². The van der Waals surface area contributed by atoms with Crippen molar-refractivity contribution < 1.29 is 4.73 Å². The summed E-state index contributed by atoms with van der Waals surface area (Å²) in [4.78, 5) is 4.22. The Hall–Kier alpha value is -2.36. The summed E-state index contributed by atoms with van der Waals surface area (Å²) in [6, 6.07) is 13.6. The van der Waals surface area contributed by atoms with E-state index >= 15 is 0 Å². The van der Waals surface area contributed by atoms with Gasteiger partial charge in [0.1, 0.15) is 6.54 Å². The molecule has 0 aliphatic rings. The van der Waals surface area contributed by atoms with Crippen molar-refractivity contribution in [2.24, 2.45) is 0 Å². The Morgan fingerprint density at radius 3 is 2.76 bits per heavy atom. The van der Waals surface area contributed by atoms with Gasteiger partial charge in [-0.15, -0.1) is 0 Å². The SMILES string of the molecule is [O-][n+]1cccc2ncn(Cc3ccccc3)c21. The van der Waals surface area contributed by atoms with Gasteiger partial charge in [0.15, 0.2) is 11.8 Å². The van der Waals surface area contributed by atoms with Crippen LogP contribution in [0.15, 0.2) is 55.0 Å². The molecule has 0 fully saturated rings. The number of pyridine rings is 1. The van der Waals surface area contributed by atoms with Gasteiger partial charge in [-0.25, -0.2) is 14.3 Å². The highest BCUT2D eigenvalue weighted by Gasteiger charge is 2.11. The minimum atomic E-state index is 0.594. The monoisotopic (exact) mass is 225 g/mol. The summed E-state index contributed by atoms with van der Waals surface area (Å²) in [5.41, 5.74) is 2.46. The molecule has 0 saturated carbocycles. The van der Waals surface area contributed by atoms with E-state index in [9.17, 15) is 5.21 Å². The van der Waals surface area contributed by atoms with Crippen molar-refractivity contribution in [3.05, 3.63) is 65.8 Å². The van der Waals surface area contributed by atoms with Crippen LogP contribution in [0.3, 0.4) is 0 Å². The Morgan fingerprint density at radius 2 is 1.94 bits per heavy atom. The summed E-state index contributed by atoms with van der Waals surface area (Å²) >= 11 is 0. The van der Waals surface area contributed by atoms with Crippen LogP contribution in [0.5, 0.6) is 0 Å². The quantitative estimate of drug-likeness (QED) is 0.492. The van der Waals surface area contributed by atoms with Crippen LogP contribution in [0.1, 0.15) is 5.56 Å². The molecule has 0 bridgehead atoms. The zero-order chi connectivity index (χ0) is 11.7. The summed E-state index contributed by atoms with van der Waals surface area (Å²) < 4.78 is 2.71. The second-order valence-electron chi connectivity index (χ2n) is 3.90. The third-order valence-corrected chi connectivity index (χ3v) is 2.72. The van der Waals surface area contributed by atoms with Crippen molar-refractivity contribution in [1.82, 2.24) is 9.55 Å². The molecule has 0 unspecified atom stereocenters. The maximum absolute atomic E-state index is 11.7. The van der Waals surface area contributed by atoms with Crippen LogP contribution in [0, 0.1) is 5.21 Å². The number of hydrogen-bond donors (Lipinski definition) is 0. The summed E-state index contributed by atoms with van der Waals surface area (Å²) in [5, 5.41) is 11.7. The van der Waals surface area contributed by atoms with E-state index in [0.29, 0.717) is 12.2 Å². The highest BCUT2D eigenvalue weighted by molar-refractivity contribution is 5.67. The summed E-state index contributed by atoms with van der Waals surface area (Å²) in [6.45, 7) is 0.656. The fraction of sp³-hybridized carbons (Fsp3) is 0.0769. The zero-order valence-corrected chi connectivity index (χ0v) is 9.15. The number of fused-ring (bicyclic) bond motifs is 1. The van der Waals surface area contributed by atoms with E-state index < -0.39 is 0 Å². The number of hydrogen-bond acceptors (Lipinski definition) is 2. The van der Waals surface area contributed by atoms with E-state index in [-0.39, 0.29) is 0 Å². The van der Waals surface area contributed by atoms with Crippen LogP contribution in [0.4, 0.5) is 0 Å². The van der Waals surface area contributed by atoms with Crippen molar-refractivity contribution in [2.45, 2.75) is 6.54 Å². The first-order chi connectivity index (χ1) is 8.34. The second kappa shape index (κ2) is 3.90. The molecule has 0 saturated heterocycles. The van der Waals surface area contributed by atoms with Gasteiger partial charge >= 0.3 is 5.65 Å². The minimum Gasteiger partial charge on any atom is -0.711 e. The van der Waals surface area contributed by atoms with Crippen LogP contribution in [-0.4, -0.2) is 9.55 Å². The van der Waals surface area contributed by atoms with E-state index in [1.165, 1.54) is 6.20 Å². The summed E-state index contributed by atoms with van der Waals surface area (Å²) in [6.07, 6.45) is 3.19. The molecule has 4 nitrogen and oxygen atoms in total. The van der Waals surface area contributed by atoms with Crippen molar-refractivity contribution >= 4 is 11.2 Å². The van der Waals surface area contributed by atoms with E-state index in [0.717, 1.165) is 15.8 Å². The van der Waals surface area contributed by atoms with Crippen LogP contribution < -0.4 is 4.73 Å². The lowest BCUT2D eigenvalue weighted by atomic mass is 10.2. The van der Waals surface area contributed by atoms with Gasteiger partial charge in [0, 0.05) is 0 Å². The third-order valence-electron chi connectivity index (χ3n) is 2.72. The van der Waals surface area contributed by atoms with Crippen LogP contribution >= 0.6 is 0 Å². The molecule has 0 amide bonds. The Labute approximate surface area is 98.4 Å². The molecule has 1 aromatic carbocycles. The van der Waals surface area contributed by atoms with Gasteiger partial charge in [-0.1, -0.05) is 30.3 Å². The van der Waals surface area contributed by atoms with Crippen LogP contribution in [0.2, 0.25) is 0 Å². The molecule has 2 heterocycles. The van der Waals surface area contributed by atoms with Gasteiger partial charge in [-0.05, 0) is 17.7 Å². The average molecular weight is 225 g/mol. The maximum Gasteiger partial charge on any atom is 0.312 e. The molecule has 0 atom stereocenters. The summed E-state index contributed by atoms with van der Waals surface area (Å²) in [7, 11) is 0. The standard InChI is InChI=1S/C13H11N3O/c17-16-8-4-7-12-13(16)15(10-14-12)9-11-5-2-1-3-6-11/h1-8,10H,9H2. The Kier molecular flexibility index (Phi) is 2.26. The third kappa shape index (κ3) is 1.73. The lowest BCUT2D eigenvalue weighted by molar-refractivity contribution is -0.580. The lowest BCUT2D eigenvalue weighted by Gasteiger charge is -2.04. The number of rotatable bonds is 2. The molecule has 3 aromatic rings. The van der Waals surface area contributed by atoms with E-state index in [2.05, 4.69) is 4.98 Å². The van der Waals surface area contributed by atoms with Crippen LogP contribution in [-0.2, 0) is 6.54 Å². The maximum atomic E-state index is 11.7. The molecule has 3 rings (SSSR count). The first kappa shape index (κ1) is 9.84. The Bertz CT molecular complexity index is 646. The molecule has 0 spiro atoms. The number of nitrogens with zero attached hydrogens (tertiary/aromatic N) is 3. The first-order valence-corrected chi connectivity index (χ1v) is 5.41. The fourth-order valence-electron chi connectivity index (χ4n) is 1.93. The van der Waals surface area contributed by atoms with Crippen molar-refractivity contribution in [3.8, 4) is 0 Å². The van der Waals surface area contributed by atoms with Gasteiger partial charge in [0.05, 0.1) is 6.20 Å². The molecule has 84 valence electrons. The predicted octanol–water partition coefficient (Wildman–Crippen LogP) is 1.72. The number of aromatic nitrogens is 3. The van der Waals surface area contributed by atoms with E-state index in [4.69, 9.17) is 0 Å². The van der Waals surface area contributed by atoms with E-state index in [1.807, 2.05) is 41.0 Å². The molecular formula is C13H11N3O. The van der Waals surface area contributed by atoms with Gasteiger partial charge < -0.3 is 5.21 Å². The topological polar surface area (TPSA) is 44.8 Å². The smallest absolute Gasteiger partial charge is 0.312 e. The normalized spacial score (nSPS) is 10.8. The van der Waals surface area contributed by atoms with Crippen LogP contribution in [0.25, 0.3) is 11.2 Å². The molecule has 0 aliphatic heterocycles. The van der Waals surface area contributed by atoms with Gasteiger partial charge in [-0.3, -0.25) is 0 Å². The molecule has 0 radical (unpaired) electrons. The van der Waals surface area contributed by atoms with Gasteiger partial charge in [0.2, 0.25) is 0 Å². The molecule has 0 aliphatic carbocycles. The Morgan fingerprint density at radius 1 is 1.12 bits per heavy atom. The predicted molar refractivity (Wildman–Crippen MR) is 64.2 cm³/mol. The molecule has 17 heavy (non-hydrogen) atoms. The highest BCUT2D eigenvalue weighted by Crippen LogP contribution is 2.10. The molecule has 4 heteroatoms. The molecular weight excluding hydrogens is 214 g/mol. The Balaban J connectivity index is 2.07. The fourth-order valence-corrected chi connectivity index (χ4v) is 1.93. The zero-order valence-electron chi connectivity index (χ0n) is 9.15. The highest BCUT2D eigenvalue weighted by atomic mass is 16.5. The number of imidazole rings is 1. The number of benzene rings is 1. The minimum absolute atomic E-state index is 0.594.